The van der Waals surface area contributed by atoms with Gasteiger partial charge in [0.1, 0.15) is 11.0 Å². The number of thioether (sulfide) groups is 1. The Hall–Kier alpha value is -2.09. The number of nitrogens with zero attached hydrogens (tertiary/aromatic N) is 3. The van der Waals surface area contributed by atoms with Crippen LogP contribution in [0.4, 0.5) is 0 Å². The Morgan fingerprint density at radius 3 is 3.04 bits per heavy atom. The quantitative estimate of drug-likeness (QED) is 0.377. The molecule has 0 atom stereocenters. The van der Waals surface area contributed by atoms with Crippen molar-refractivity contribution in [2.75, 3.05) is 0 Å². The van der Waals surface area contributed by atoms with Crippen molar-refractivity contribution in [3.8, 4) is 11.5 Å². The first-order chi connectivity index (χ1) is 12.1. The average Bonchev–Trinajstić information content (AvgIpc) is 3.26. The maximum absolute atomic E-state index is 12.3. The lowest BCUT2D eigenvalue weighted by Gasteiger charge is -2.05. The zero-order valence-corrected chi connectivity index (χ0v) is 15.5. The van der Waals surface area contributed by atoms with Crippen LogP contribution in [-0.2, 0) is 12.8 Å². The van der Waals surface area contributed by atoms with Crippen LogP contribution in [0.1, 0.15) is 5.69 Å². The van der Waals surface area contributed by atoms with Crippen LogP contribution in [0.5, 0.6) is 0 Å². The Bertz CT molecular complexity index is 1120. The monoisotopic (exact) mass is 389 g/mol. The molecule has 3 heterocycles. The van der Waals surface area contributed by atoms with E-state index in [0.29, 0.717) is 26.5 Å². The summed E-state index contributed by atoms with van der Waals surface area (Å²) in [5, 5.41) is 3.17. The SMILES string of the molecule is Cn1c(SCc2coc(-c3cccc(Cl)c3)n2)nc2ccsc2c1=O. The summed E-state index contributed by atoms with van der Waals surface area (Å²) in [7, 11) is 1.73. The third-order valence-electron chi connectivity index (χ3n) is 3.62. The van der Waals surface area contributed by atoms with Crippen molar-refractivity contribution < 1.29 is 4.42 Å². The van der Waals surface area contributed by atoms with E-state index < -0.39 is 0 Å². The summed E-state index contributed by atoms with van der Waals surface area (Å²) >= 11 is 8.86. The van der Waals surface area contributed by atoms with Crippen molar-refractivity contribution in [3.05, 3.63) is 63.0 Å². The van der Waals surface area contributed by atoms with Gasteiger partial charge in [0.05, 0.1) is 11.2 Å². The van der Waals surface area contributed by atoms with Gasteiger partial charge in [-0.1, -0.05) is 29.4 Å². The first-order valence-corrected chi connectivity index (χ1v) is 9.63. The van der Waals surface area contributed by atoms with Gasteiger partial charge in [0.25, 0.3) is 5.56 Å². The molecule has 0 aliphatic rings. The minimum Gasteiger partial charge on any atom is -0.444 e. The zero-order chi connectivity index (χ0) is 17.4. The van der Waals surface area contributed by atoms with Crippen LogP contribution in [0.25, 0.3) is 21.7 Å². The van der Waals surface area contributed by atoms with Gasteiger partial charge in [0, 0.05) is 23.4 Å². The van der Waals surface area contributed by atoms with Crippen molar-refractivity contribution >= 4 is 44.9 Å². The van der Waals surface area contributed by atoms with Gasteiger partial charge in [-0.15, -0.1) is 11.3 Å². The van der Waals surface area contributed by atoms with Gasteiger partial charge in [-0.2, -0.15) is 0 Å². The van der Waals surface area contributed by atoms with Crippen LogP contribution in [0, 0.1) is 0 Å². The topological polar surface area (TPSA) is 60.9 Å². The molecule has 0 spiro atoms. The summed E-state index contributed by atoms with van der Waals surface area (Å²) in [4.78, 5) is 21.3. The van der Waals surface area contributed by atoms with Crippen molar-refractivity contribution in [3.63, 3.8) is 0 Å². The molecule has 0 bridgehead atoms. The van der Waals surface area contributed by atoms with Gasteiger partial charge in [-0.3, -0.25) is 9.36 Å². The van der Waals surface area contributed by atoms with Crippen LogP contribution in [-0.4, -0.2) is 14.5 Å². The molecule has 4 aromatic rings. The molecular weight excluding hydrogens is 378 g/mol. The molecule has 126 valence electrons. The number of thiophene rings is 1. The molecule has 0 saturated heterocycles. The number of oxazole rings is 1. The second-order valence-corrected chi connectivity index (χ2v) is 7.63. The van der Waals surface area contributed by atoms with Gasteiger partial charge in [-0.05, 0) is 29.6 Å². The Balaban J connectivity index is 1.56. The van der Waals surface area contributed by atoms with Crippen LogP contribution >= 0.6 is 34.7 Å². The largest absolute Gasteiger partial charge is 0.444 e. The highest BCUT2D eigenvalue weighted by Gasteiger charge is 2.12. The first-order valence-electron chi connectivity index (χ1n) is 7.39. The molecule has 25 heavy (non-hydrogen) atoms. The van der Waals surface area contributed by atoms with E-state index in [9.17, 15) is 4.79 Å². The van der Waals surface area contributed by atoms with Crippen LogP contribution in [0.3, 0.4) is 0 Å². The van der Waals surface area contributed by atoms with E-state index in [-0.39, 0.29) is 5.56 Å². The smallest absolute Gasteiger partial charge is 0.271 e. The first kappa shape index (κ1) is 16.4. The number of fused-ring (bicyclic) bond motifs is 1. The average molecular weight is 390 g/mol. The predicted molar refractivity (Wildman–Crippen MR) is 101 cm³/mol. The fourth-order valence-electron chi connectivity index (χ4n) is 2.36. The highest BCUT2D eigenvalue weighted by atomic mass is 35.5. The number of halogens is 1. The van der Waals surface area contributed by atoms with E-state index in [1.807, 2.05) is 23.6 Å². The fraction of sp³-hybridized carbons (Fsp3) is 0.118. The van der Waals surface area contributed by atoms with E-state index >= 15 is 0 Å². The van der Waals surface area contributed by atoms with Crippen LogP contribution in [0.15, 0.2) is 56.3 Å². The second-order valence-electron chi connectivity index (χ2n) is 5.34. The molecule has 0 N–H and O–H groups in total. The molecule has 5 nitrogen and oxygen atoms in total. The summed E-state index contributed by atoms with van der Waals surface area (Å²) in [6.45, 7) is 0. The molecular formula is C17H12ClN3O2S2. The highest BCUT2D eigenvalue weighted by Crippen LogP contribution is 2.26. The third kappa shape index (κ3) is 3.22. The molecule has 0 aliphatic carbocycles. The van der Waals surface area contributed by atoms with Gasteiger partial charge in [0.2, 0.25) is 5.89 Å². The minimum atomic E-state index is -0.0257. The number of hydrogen-bond donors (Lipinski definition) is 0. The second kappa shape index (κ2) is 6.67. The summed E-state index contributed by atoms with van der Waals surface area (Å²) in [6, 6.07) is 9.22. The van der Waals surface area contributed by atoms with Gasteiger partial charge >= 0.3 is 0 Å². The Morgan fingerprint density at radius 1 is 1.32 bits per heavy atom. The van der Waals surface area contributed by atoms with E-state index in [1.165, 1.54) is 23.1 Å². The van der Waals surface area contributed by atoms with Crippen molar-refractivity contribution in [1.29, 1.82) is 0 Å². The summed E-state index contributed by atoms with van der Waals surface area (Å²) < 4.78 is 7.78. The van der Waals surface area contributed by atoms with Crippen molar-refractivity contribution in [2.45, 2.75) is 10.9 Å². The van der Waals surface area contributed by atoms with Gasteiger partial charge in [-0.25, -0.2) is 9.97 Å². The fourth-order valence-corrected chi connectivity index (χ4v) is 4.21. The molecule has 0 amide bonds. The molecule has 0 radical (unpaired) electrons. The lowest BCUT2D eigenvalue weighted by molar-refractivity contribution is 0.573. The number of hydrogen-bond acceptors (Lipinski definition) is 6. The van der Waals surface area contributed by atoms with Crippen molar-refractivity contribution in [1.82, 2.24) is 14.5 Å². The molecule has 1 aromatic carbocycles. The van der Waals surface area contributed by atoms with Crippen molar-refractivity contribution in [2.24, 2.45) is 7.05 Å². The van der Waals surface area contributed by atoms with E-state index in [4.69, 9.17) is 16.0 Å². The standard InChI is InChI=1S/C17H12ClN3O2S2/c1-21-16(22)14-13(5-6-24-14)20-17(21)25-9-12-8-23-15(19-12)10-3-2-4-11(18)7-10/h2-8H,9H2,1H3. The summed E-state index contributed by atoms with van der Waals surface area (Å²) in [5.41, 5.74) is 2.31. The Labute approximate surface area is 156 Å². The predicted octanol–water partition coefficient (Wildman–Crippen LogP) is 4.60. The normalized spacial score (nSPS) is 11.3. The lowest BCUT2D eigenvalue weighted by Crippen LogP contribution is -2.18. The van der Waals surface area contributed by atoms with E-state index in [2.05, 4.69) is 9.97 Å². The highest BCUT2D eigenvalue weighted by molar-refractivity contribution is 7.98. The summed E-state index contributed by atoms with van der Waals surface area (Å²) in [6.07, 6.45) is 1.62. The lowest BCUT2D eigenvalue weighted by atomic mass is 10.2. The Morgan fingerprint density at radius 2 is 2.20 bits per heavy atom. The van der Waals surface area contributed by atoms with E-state index in [0.717, 1.165) is 16.8 Å². The maximum Gasteiger partial charge on any atom is 0.271 e. The minimum absolute atomic E-state index is 0.0257. The number of benzene rings is 1. The Kier molecular flexibility index (Phi) is 4.37. The maximum atomic E-state index is 12.3. The molecule has 0 fully saturated rings. The van der Waals surface area contributed by atoms with Gasteiger partial charge < -0.3 is 4.42 Å². The molecule has 4 rings (SSSR count). The third-order valence-corrected chi connectivity index (χ3v) is 5.81. The molecule has 0 saturated carbocycles. The van der Waals surface area contributed by atoms with Crippen LogP contribution < -0.4 is 5.56 Å². The number of aromatic nitrogens is 3. The zero-order valence-electron chi connectivity index (χ0n) is 13.1. The molecule has 0 aliphatic heterocycles. The molecule has 3 aromatic heterocycles. The number of rotatable bonds is 4. The molecule has 0 unspecified atom stereocenters. The van der Waals surface area contributed by atoms with E-state index in [1.54, 1.807) is 30.0 Å². The summed E-state index contributed by atoms with van der Waals surface area (Å²) in [5.74, 6) is 1.08. The van der Waals surface area contributed by atoms with Gasteiger partial charge in [0.15, 0.2) is 5.16 Å². The molecule has 8 heteroatoms. The van der Waals surface area contributed by atoms with Crippen LogP contribution in [0.2, 0.25) is 5.02 Å².